The minimum absolute atomic E-state index is 0. The molecule has 11 heavy (non-hydrogen) atoms. The Hall–Kier alpha value is -0.116. The van der Waals surface area contributed by atoms with Gasteiger partial charge in [-0.1, -0.05) is 13.8 Å². The van der Waals surface area contributed by atoms with E-state index >= 15 is 0 Å². The van der Waals surface area contributed by atoms with Gasteiger partial charge in [0, 0.05) is 32.7 Å². The van der Waals surface area contributed by atoms with Crippen LogP contribution in [-0.4, -0.2) is 0 Å². The van der Waals surface area contributed by atoms with Crippen LogP contribution in [0.15, 0.2) is 18.2 Å². The fraction of sp³-hybridized carbons (Fsp3) is 0.200. The third-order valence-corrected chi connectivity index (χ3v) is 1.35. The van der Waals surface area contributed by atoms with Crippen molar-refractivity contribution >= 4 is 0 Å². The van der Waals surface area contributed by atoms with E-state index in [0.717, 1.165) is 0 Å². The van der Waals surface area contributed by atoms with Gasteiger partial charge in [-0.05, 0) is 0 Å². The Morgan fingerprint density at radius 2 is 1.82 bits per heavy atom. The molecule has 1 radical (unpaired) electrons. The second kappa shape index (κ2) is 7.99. The molecular weight excluding hydrogens is 209 g/mol. The molecule has 0 aliphatic heterocycles. The maximum absolute atomic E-state index is 5.25. The van der Waals surface area contributed by atoms with Crippen molar-refractivity contribution in [3.8, 4) is 6.42 Å². The van der Waals surface area contributed by atoms with Crippen molar-refractivity contribution in [2.24, 2.45) is 0 Å². The van der Waals surface area contributed by atoms with Crippen LogP contribution in [0, 0.1) is 32.8 Å². The summed E-state index contributed by atoms with van der Waals surface area (Å²) in [5, 5.41) is 0. The predicted molar refractivity (Wildman–Crippen MR) is 42.9 cm³/mol. The molecule has 0 atom stereocenters. The fourth-order valence-corrected chi connectivity index (χ4v) is 0.592. The van der Waals surface area contributed by atoms with Gasteiger partial charge in [-0.15, -0.1) is 0 Å². The normalized spacial score (nSPS) is 6.91. The average Bonchev–Trinajstić information content (AvgIpc) is 2.00. The van der Waals surface area contributed by atoms with E-state index in [0.29, 0.717) is 0 Å². The molecule has 0 amide bonds. The second-order valence-corrected chi connectivity index (χ2v) is 2.01. The molecule has 55 valence electrons. The molecule has 1 heteroatoms. The van der Waals surface area contributed by atoms with Crippen LogP contribution >= 0.6 is 0 Å². The molecule has 0 fully saturated rings. The van der Waals surface area contributed by atoms with E-state index in [4.69, 9.17) is 6.42 Å². The Morgan fingerprint density at radius 1 is 1.27 bits per heavy atom. The van der Waals surface area contributed by atoms with E-state index in [1.54, 1.807) is 0 Å². The van der Waals surface area contributed by atoms with Gasteiger partial charge in [-0.25, -0.2) is 0 Å². The molecule has 0 aliphatic rings. The zero-order valence-electron chi connectivity index (χ0n) is 6.89. The van der Waals surface area contributed by atoms with Crippen LogP contribution in [0.4, 0.5) is 0 Å². The standard InChI is InChI=1S/C8H9.C2H.Y/c1-7-5-3-4-6-8(7)2;1-2;/h3,5-6H,1-2H3;1H;/q2*-1;. The first-order valence-electron chi connectivity index (χ1n) is 3.03. The van der Waals surface area contributed by atoms with Gasteiger partial charge < -0.3 is 12.8 Å². The summed E-state index contributed by atoms with van der Waals surface area (Å²) in [6.45, 7) is 4.19. The smallest absolute Gasteiger partial charge is 0 e. The summed E-state index contributed by atoms with van der Waals surface area (Å²) < 4.78 is 0. The van der Waals surface area contributed by atoms with Crippen molar-refractivity contribution in [1.82, 2.24) is 0 Å². The van der Waals surface area contributed by atoms with Crippen molar-refractivity contribution in [3.05, 3.63) is 41.8 Å². The van der Waals surface area contributed by atoms with E-state index in [1.807, 2.05) is 12.1 Å². The Labute approximate surface area is 94.3 Å². The maximum Gasteiger partial charge on any atom is 0 e. The number of rotatable bonds is 0. The molecule has 0 bridgehead atoms. The van der Waals surface area contributed by atoms with E-state index in [2.05, 4.69) is 32.4 Å². The van der Waals surface area contributed by atoms with Gasteiger partial charge in [0.05, 0.1) is 0 Å². The summed E-state index contributed by atoms with van der Waals surface area (Å²) in [5.41, 5.74) is 2.65. The Morgan fingerprint density at radius 3 is 2.09 bits per heavy atom. The van der Waals surface area contributed by atoms with Crippen molar-refractivity contribution in [3.63, 3.8) is 0 Å². The molecule has 0 aliphatic carbocycles. The molecular formula is C10H10Y-2. The number of benzene rings is 1. The molecule has 0 spiro atoms. The van der Waals surface area contributed by atoms with Crippen LogP contribution < -0.4 is 0 Å². The van der Waals surface area contributed by atoms with E-state index in [-0.39, 0.29) is 32.7 Å². The number of terminal acetylenes is 1. The van der Waals surface area contributed by atoms with Gasteiger partial charge in [0.2, 0.25) is 0 Å². The molecule has 0 aromatic heterocycles. The summed E-state index contributed by atoms with van der Waals surface area (Å²) in [4.78, 5) is 0. The Bertz CT molecular complexity index is 192. The maximum atomic E-state index is 5.25. The van der Waals surface area contributed by atoms with Gasteiger partial charge >= 0.3 is 0 Å². The van der Waals surface area contributed by atoms with Crippen LogP contribution in [0.25, 0.3) is 0 Å². The topological polar surface area (TPSA) is 0 Å². The van der Waals surface area contributed by atoms with Crippen molar-refractivity contribution in [2.45, 2.75) is 13.8 Å². The summed E-state index contributed by atoms with van der Waals surface area (Å²) >= 11 is 0. The summed E-state index contributed by atoms with van der Waals surface area (Å²) in [7, 11) is 0. The number of aryl methyl sites for hydroxylation is 2. The van der Waals surface area contributed by atoms with Crippen LogP contribution in [-0.2, 0) is 32.7 Å². The van der Waals surface area contributed by atoms with Crippen molar-refractivity contribution in [2.75, 3.05) is 0 Å². The molecule has 0 saturated carbocycles. The van der Waals surface area contributed by atoms with Gasteiger partial charge in [-0.2, -0.15) is 35.4 Å². The fourth-order valence-electron chi connectivity index (χ4n) is 0.592. The van der Waals surface area contributed by atoms with E-state index in [1.165, 1.54) is 11.1 Å². The molecule has 1 aromatic rings. The summed E-state index contributed by atoms with van der Waals surface area (Å²) in [6.07, 6.45) is 9.00. The van der Waals surface area contributed by atoms with Gasteiger partial charge in [-0.3, -0.25) is 0 Å². The van der Waals surface area contributed by atoms with Crippen LogP contribution in [0.2, 0.25) is 0 Å². The quantitative estimate of drug-likeness (QED) is 0.464. The van der Waals surface area contributed by atoms with Crippen LogP contribution in [0.3, 0.4) is 0 Å². The third-order valence-electron chi connectivity index (χ3n) is 1.35. The van der Waals surface area contributed by atoms with Crippen molar-refractivity contribution < 1.29 is 32.7 Å². The predicted octanol–water partition coefficient (Wildman–Crippen LogP) is 2.31. The van der Waals surface area contributed by atoms with Crippen LogP contribution in [0.5, 0.6) is 0 Å². The minimum Gasteiger partial charge on any atom is -0.697 e. The van der Waals surface area contributed by atoms with Gasteiger partial charge in [0.15, 0.2) is 0 Å². The SMILES string of the molecule is Cc1c[c-]ccc1C.[C-]#C.[Y]. The first kappa shape index (κ1) is 13.5. The minimum atomic E-state index is 0. The second-order valence-electron chi connectivity index (χ2n) is 2.01. The largest absolute Gasteiger partial charge is 0.697 e. The zero-order valence-corrected chi connectivity index (χ0v) is 9.73. The number of hydrogen-bond donors (Lipinski definition) is 0. The molecule has 0 saturated heterocycles. The molecule has 0 N–H and O–H groups in total. The average molecular weight is 219 g/mol. The first-order valence-corrected chi connectivity index (χ1v) is 3.03. The molecule has 1 rings (SSSR count). The van der Waals surface area contributed by atoms with Gasteiger partial charge in [0.25, 0.3) is 0 Å². The van der Waals surface area contributed by atoms with E-state index in [9.17, 15) is 0 Å². The monoisotopic (exact) mass is 219 g/mol. The molecule has 0 heterocycles. The Kier molecular flexibility index (Phi) is 9.78. The zero-order chi connectivity index (χ0) is 7.98. The summed E-state index contributed by atoms with van der Waals surface area (Å²) in [5.74, 6) is 0. The summed E-state index contributed by atoms with van der Waals surface area (Å²) in [6, 6.07) is 8.99. The van der Waals surface area contributed by atoms with Crippen molar-refractivity contribution in [1.29, 1.82) is 0 Å². The molecule has 0 unspecified atom stereocenters. The Balaban J connectivity index is 0. The molecule has 1 aromatic carbocycles. The van der Waals surface area contributed by atoms with Gasteiger partial charge in [0.1, 0.15) is 0 Å². The van der Waals surface area contributed by atoms with Crippen LogP contribution in [0.1, 0.15) is 11.1 Å². The van der Waals surface area contributed by atoms with E-state index < -0.39 is 0 Å². The third kappa shape index (κ3) is 5.19. The number of hydrogen-bond acceptors (Lipinski definition) is 0. The molecule has 0 nitrogen and oxygen atoms in total. The first-order chi connectivity index (χ1) is 4.80.